The average Bonchev–Trinajstić information content (AvgIpc) is 2.15. The zero-order valence-electron chi connectivity index (χ0n) is 7.69. The van der Waals surface area contributed by atoms with Gasteiger partial charge in [-0.05, 0) is 22.6 Å². The van der Waals surface area contributed by atoms with E-state index in [0.717, 1.165) is 0 Å². The first-order chi connectivity index (χ1) is 7.77. The molecule has 0 aromatic heterocycles. The van der Waals surface area contributed by atoms with Crippen LogP contribution >= 0.6 is 22.6 Å². The smallest absolute Gasteiger partial charge is 0.338 e. The third-order valence-electron chi connectivity index (χ3n) is 1.75. The minimum Gasteiger partial charge on any atom is -0.497 e. The van der Waals surface area contributed by atoms with Gasteiger partial charge in [0.25, 0.3) is 11.4 Å². The van der Waals surface area contributed by atoms with Gasteiger partial charge < -0.3 is 5.11 Å². The number of nitro benzene ring substituents is 3. The summed E-state index contributed by atoms with van der Waals surface area (Å²) in [5, 5.41) is 40.9. The van der Waals surface area contributed by atoms with Crippen LogP contribution in [0.25, 0.3) is 0 Å². The van der Waals surface area contributed by atoms with E-state index in [1.54, 1.807) is 0 Å². The summed E-state index contributed by atoms with van der Waals surface area (Å²) < 4.78 is -0.472. The van der Waals surface area contributed by atoms with E-state index in [1.165, 1.54) is 22.6 Å². The summed E-state index contributed by atoms with van der Waals surface area (Å²) in [5.74, 6) is -1.20. The summed E-state index contributed by atoms with van der Waals surface area (Å²) in [6, 6.07) is 0.476. The number of halogens is 1. The second-order valence-corrected chi connectivity index (χ2v) is 3.78. The quantitative estimate of drug-likeness (QED) is 0.493. The fraction of sp³-hybridized carbons (Fsp3) is 0. The highest BCUT2D eigenvalue weighted by atomic mass is 127. The second-order valence-electron chi connectivity index (χ2n) is 2.70. The highest BCUT2D eigenvalue weighted by Gasteiger charge is 2.35. The molecule has 0 saturated carbocycles. The highest BCUT2D eigenvalue weighted by molar-refractivity contribution is 14.1. The predicted octanol–water partition coefficient (Wildman–Crippen LogP) is 1.72. The van der Waals surface area contributed by atoms with E-state index in [1.807, 2.05) is 0 Å². The van der Waals surface area contributed by atoms with Crippen molar-refractivity contribution in [2.24, 2.45) is 0 Å². The molecular formula is C6H2IN3O7. The topological polar surface area (TPSA) is 150 Å². The number of nitro groups is 3. The number of hydrogen-bond donors (Lipinski definition) is 1. The van der Waals surface area contributed by atoms with E-state index in [-0.39, 0.29) is 0 Å². The Kier molecular flexibility index (Phi) is 3.40. The van der Waals surface area contributed by atoms with Crippen LogP contribution < -0.4 is 0 Å². The Morgan fingerprint density at radius 2 is 1.47 bits per heavy atom. The molecule has 0 spiro atoms. The third kappa shape index (κ3) is 2.22. The van der Waals surface area contributed by atoms with Gasteiger partial charge in [-0.1, -0.05) is 0 Å². The van der Waals surface area contributed by atoms with Crippen LogP contribution in [0.2, 0.25) is 0 Å². The fourth-order valence-corrected chi connectivity index (χ4v) is 1.85. The first kappa shape index (κ1) is 13.0. The molecule has 90 valence electrons. The van der Waals surface area contributed by atoms with Crippen LogP contribution in [0, 0.1) is 33.9 Å². The monoisotopic (exact) mass is 355 g/mol. The van der Waals surface area contributed by atoms with E-state index in [2.05, 4.69) is 0 Å². The minimum atomic E-state index is -1.20. The Morgan fingerprint density at radius 3 is 1.82 bits per heavy atom. The number of nitrogens with zero attached hydrogens (tertiary/aromatic N) is 3. The number of benzene rings is 1. The minimum absolute atomic E-state index is 0.472. The summed E-state index contributed by atoms with van der Waals surface area (Å²) >= 11 is 1.27. The van der Waals surface area contributed by atoms with Crippen LogP contribution in [0.3, 0.4) is 0 Å². The maximum atomic E-state index is 10.6. The first-order valence-corrected chi connectivity index (χ1v) is 4.83. The van der Waals surface area contributed by atoms with Crippen LogP contribution in [0.4, 0.5) is 17.1 Å². The van der Waals surface area contributed by atoms with Gasteiger partial charge in [-0.25, -0.2) is 0 Å². The summed E-state index contributed by atoms with van der Waals surface area (Å²) in [6.07, 6.45) is 0. The fourth-order valence-electron chi connectivity index (χ4n) is 1.05. The van der Waals surface area contributed by atoms with E-state index in [9.17, 15) is 35.4 Å². The molecule has 17 heavy (non-hydrogen) atoms. The molecule has 0 aliphatic rings. The number of phenolic OH excluding ortho intramolecular Hbond substituents is 1. The molecular weight excluding hydrogens is 353 g/mol. The van der Waals surface area contributed by atoms with Crippen LogP contribution in [0.5, 0.6) is 5.75 Å². The van der Waals surface area contributed by atoms with Gasteiger partial charge in [0.1, 0.15) is 0 Å². The van der Waals surface area contributed by atoms with Crippen LogP contribution in [0.15, 0.2) is 6.07 Å². The molecule has 10 nitrogen and oxygen atoms in total. The molecule has 0 unspecified atom stereocenters. The first-order valence-electron chi connectivity index (χ1n) is 3.76. The lowest BCUT2D eigenvalue weighted by Gasteiger charge is -2.01. The average molecular weight is 355 g/mol. The molecule has 1 aromatic carbocycles. The Bertz CT molecular complexity index is 505. The van der Waals surface area contributed by atoms with Gasteiger partial charge in [-0.2, -0.15) is 0 Å². The van der Waals surface area contributed by atoms with Gasteiger partial charge in [0, 0.05) is 0 Å². The van der Waals surface area contributed by atoms with Crippen molar-refractivity contribution < 1.29 is 19.9 Å². The lowest BCUT2D eigenvalue weighted by Crippen LogP contribution is -2.01. The molecule has 0 amide bonds. The van der Waals surface area contributed by atoms with Crippen molar-refractivity contribution >= 4 is 39.7 Å². The summed E-state index contributed by atoms with van der Waals surface area (Å²) in [6.45, 7) is 0. The molecule has 0 fully saturated rings. The molecule has 0 radical (unpaired) electrons. The molecule has 1 N–H and O–H groups in total. The number of phenols is 1. The highest BCUT2D eigenvalue weighted by Crippen LogP contribution is 2.43. The Morgan fingerprint density at radius 1 is 1.00 bits per heavy atom. The van der Waals surface area contributed by atoms with Crippen molar-refractivity contribution in [1.29, 1.82) is 0 Å². The molecule has 0 atom stereocenters. The number of rotatable bonds is 3. The largest absolute Gasteiger partial charge is 0.497 e. The zero-order chi connectivity index (χ0) is 13.3. The van der Waals surface area contributed by atoms with Crippen molar-refractivity contribution in [3.63, 3.8) is 0 Å². The van der Waals surface area contributed by atoms with Gasteiger partial charge in [0.05, 0.1) is 20.8 Å². The Balaban J connectivity index is 3.76. The SMILES string of the molecule is O=[N+]([O-])c1cc([N+](=O)[O-])c(I)c([N+](=O)[O-])c1O. The third-order valence-corrected chi connectivity index (χ3v) is 2.81. The van der Waals surface area contributed by atoms with Crippen molar-refractivity contribution in [3.8, 4) is 5.75 Å². The maximum Gasteiger partial charge on any atom is 0.338 e. The van der Waals surface area contributed by atoms with Gasteiger partial charge >= 0.3 is 11.4 Å². The molecule has 1 aromatic rings. The number of hydrogen-bond acceptors (Lipinski definition) is 7. The maximum absolute atomic E-state index is 10.6. The molecule has 1 rings (SSSR count). The molecule has 0 aliphatic heterocycles. The van der Waals surface area contributed by atoms with E-state index in [4.69, 9.17) is 0 Å². The molecule has 0 bridgehead atoms. The molecule has 0 heterocycles. The molecule has 11 heteroatoms. The summed E-state index contributed by atoms with van der Waals surface area (Å²) in [4.78, 5) is 28.4. The Hall–Kier alpha value is -2.05. The summed E-state index contributed by atoms with van der Waals surface area (Å²) in [7, 11) is 0. The van der Waals surface area contributed by atoms with Crippen LogP contribution in [-0.4, -0.2) is 19.9 Å². The van der Waals surface area contributed by atoms with Gasteiger partial charge in [-0.15, -0.1) is 0 Å². The van der Waals surface area contributed by atoms with Crippen molar-refractivity contribution in [1.82, 2.24) is 0 Å². The Labute approximate surface area is 105 Å². The van der Waals surface area contributed by atoms with Crippen molar-refractivity contribution in [2.75, 3.05) is 0 Å². The molecule has 0 saturated heterocycles. The molecule has 0 aliphatic carbocycles. The van der Waals surface area contributed by atoms with Gasteiger partial charge in [0.2, 0.25) is 0 Å². The number of aromatic hydroxyl groups is 1. The lowest BCUT2D eigenvalue weighted by molar-refractivity contribution is -0.405. The second kappa shape index (κ2) is 4.44. The van der Waals surface area contributed by atoms with E-state index < -0.39 is 41.2 Å². The lowest BCUT2D eigenvalue weighted by atomic mass is 10.2. The van der Waals surface area contributed by atoms with Gasteiger partial charge in [-0.3, -0.25) is 30.3 Å². The van der Waals surface area contributed by atoms with Crippen LogP contribution in [-0.2, 0) is 0 Å². The normalized spacial score (nSPS) is 9.94. The van der Waals surface area contributed by atoms with E-state index >= 15 is 0 Å². The van der Waals surface area contributed by atoms with Gasteiger partial charge in [0.15, 0.2) is 3.57 Å². The zero-order valence-corrected chi connectivity index (χ0v) is 9.85. The van der Waals surface area contributed by atoms with Crippen LogP contribution in [0.1, 0.15) is 0 Å². The van der Waals surface area contributed by atoms with Crippen molar-refractivity contribution in [2.45, 2.75) is 0 Å². The van der Waals surface area contributed by atoms with Crippen molar-refractivity contribution in [3.05, 3.63) is 40.0 Å². The standard InChI is InChI=1S/C6H2IN3O7/c7-4-2(8(12)13)1-3(9(14)15)6(11)5(4)10(16)17/h1,11H. The van der Waals surface area contributed by atoms with E-state index in [0.29, 0.717) is 6.07 Å². The summed E-state index contributed by atoms with van der Waals surface area (Å²) in [5.41, 5.74) is -2.93. The predicted molar refractivity (Wildman–Crippen MR) is 60.8 cm³/mol.